The quantitative estimate of drug-likeness (QED) is 0.652. The predicted octanol–water partition coefficient (Wildman–Crippen LogP) is 1.77. The summed E-state index contributed by atoms with van der Waals surface area (Å²) >= 11 is 0. The molecular formula is C14H20FN3O2. The van der Waals surface area contributed by atoms with Gasteiger partial charge in [0.15, 0.2) is 12.8 Å². The number of rotatable bonds is 4. The van der Waals surface area contributed by atoms with Crippen LogP contribution in [0.5, 0.6) is 5.75 Å². The fourth-order valence-electron chi connectivity index (χ4n) is 2.05. The van der Waals surface area contributed by atoms with Gasteiger partial charge >= 0.3 is 0 Å². The van der Waals surface area contributed by atoms with E-state index in [1.807, 2.05) is 13.8 Å². The second-order valence-corrected chi connectivity index (χ2v) is 4.39. The molecule has 0 saturated carbocycles. The Balaban J connectivity index is 2.19. The van der Waals surface area contributed by atoms with Gasteiger partial charge in [0.25, 0.3) is 0 Å². The van der Waals surface area contributed by atoms with Gasteiger partial charge in [-0.2, -0.15) is 0 Å². The molecule has 0 unspecified atom stereocenters. The molecule has 5 nitrogen and oxygen atoms in total. The van der Waals surface area contributed by atoms with Crippen molar-refractivity contribution in [3.8, 4) is 5.75 Å². The molecule has 0 aromatic heterocycles. The lowest BCUT2D eigenvalue weighted by Gasteiger charge is -2.20. The van der Waals surface area contributed by atoms with E-state index >= 15 is 0 Å². The summed E-state index contributed by atoms with van der Waals surface area (Å²) in [6.45, 7) is 6.47. The Morgan fingerprint density at radius 3 is 2.75 bits per heavy atom. The van der Waals surface area contributed by atoms with Crippen LogP contribution in [0.25, 0.3) is 0 Å². The first-order valence-corrected chi connectivity index (χ1v) is 6.78. The summed E-state index contributed by atoms with van der Waals surface area (Å²) in [6.07, 6.45) is 0. The van der Waals surface area contributed by atoms with Crippen LogP contribution in [-0.4, -0.2) is 25.8 Å². The van der Waals surface area contributed by atoms with Crippen LogP contribution in [0.2, 0.25) is 0 Å². The lowest BCUT2D eigenvalue weighted by Crippen LogP contribution is -2.37. The zero-order chi connectivity index (χ0) is 14.4. The van der Waals surface area contributed by atoms with E-state index < -0.39 is 0 Å². The first kappa shape index (κ1) is 14.6. The fourth-order valence-corrected chi connectivity index (χ4v) is 2.05. The Labute approximate surface area is 118 Å². The number of guanidine groups is 1. The number of nitrogens with one attached hydrogen (secondary N) is 2. The minimum absolute atomic E-state index is 0.197. The van der Waals surface area contributed by atoms with E-state index in [2.05, 4.69) is 15.6 Å². The van der Waals surface area contributed by atoms with E-state index in [4.69, 9.17) is 9.47 Å². The Morgan fingerprint density at radius 1 is 1.30 bits per heavy atom. The molecule has 0 aliphatic carbocycles. The highest BCUT2D eigenvalue weighted by atomic mass is 19.1. The number of halogens is 1. The van der Waals surface area contributed by atoms with Crippen LogP contribution in [0.1, 0.15) is 25.0 Å². The average Bonchev–Trinajstić information content (AvgIpc) is 2.44. The van der Waals surface area contributed by atoms with Crippen LogP contribution in [-0.2, 0) is 17.9 Å². The molecule has 2 rings (SSSR count). The number of benzene rings is 1. The van der Waals surface area contributed by atoms with E-state index in [0.29, 0.717) is 24.9 Å². The molecule has 0 amide bonds. The molecule has 6 heteroatoms. The van der Waals surface area contributed by atoms with Gasteiger partial charge in [0.05, 0.1) is 13.2 Å². The van der Waals surface area contributed by atoms with Crippen molar-refractivity contribution < 1.29 is 13.9 Å². The van der Waals surface area contributed by atoms with E-state index in [9.17, 15) is 4.39 Å². The summed E-state index contributed by atoms with van der Waals surface area (Å²) < 4.78 is 24.2. The summed E-state index contributed by atoms with van der Waals surface area (Å²) in [4.78, 5) is 4.43. The number of ether oxygens (including phenoxy) is 2. The summed E-state index contributed by atoms with van der Waals surface area (Å²) in [7, 11) is 0. The Morgan fingerprint density at radius 2 is 2.05 bits per heavy atom. The van der Waals surface area contributed by atoms with Gasteiger partial charge in [0, 0.05) is 24.2 Å². The number of nitrogens with zero attached hydrogens (tertiary/aromatic N) is 1. The topological polar surface area (TPSA) is 54.9 Å². The molecular weight excluding hydrogens is 261 g/mol. The van der Waals surface area contributed by atoms with Crippen molar-refractivity contribution in [2.24, 2.45) is 4.99 Å². The van der Waals surface area contributed by atoms with E-state index in [1.54, 1.807) is 0 Å². The monoisotopic (exact) mass is 281 g/mol. The van der Waals surface area contributed by atoms with Crippen molar-refractivity contribution in [3.63, 3.8) is 0 Å². The molecule has 0 spiro atoms. The zero-order valence-corrected chi connectivity index (χ0v) is 11.8. The molecule has 0 fully saturated rings. The van der Waals surface area contributed by atoms with Gasteiger partial charge in [-0.15, -0.1) is 0 Å². The highest BCUT2D eigenvalue weighted by molar-refractivity contribution is 5.79. The largest absolute Gasteiger partial charge is 0.467 e. The molecule has 2 N–H and O–H groups in total. The van der Waals surface area contributed by atoms with Gasteiger partial charge in [0.1, 0.15) is 11.6 Å². The summed E-state index contributed by atoms with van der Waals surface area (Å²) in [5.41, 5.74) is 1.46. The van der Waals surface area contributed by atoms with Crippen LogP contribution in [0, 0.1) is 5.82 Å². The lowest BCUT2D eigenvalue weighted by atomic mass is 10.1. The molecule has 0 atom stereocenters. The highest BCUT2D eigenvalue weighted by Crippen LogP contribution is 2.29. The third-order valence-electron chi connectivity index (χ3n) is 2.85. The smallest absolute Gasteiger partial charge is 0.191 e. The van der Waals surface area contributed by atoms with Gasteiger partial charge in [-0.1, -0.05) is 0 Å². The van der Waals surface area contributed by atoms with Crippen LogP contribution in [0.3, 0.4) is 0 Å². The lowest BCUT2D eigenvalue weighted by molar-refractivity contribution is -0.0172. The van der Waals surface area contributed by atoms with Crippen molar-refractivity contribution in [2.75, 3.05) is 19.9 Å². The van der Waals surface area contributed by atoms with E-state index in [0.717, 1.165) is 24.2 Å². The third-order valence-corrected chi connectivity index (χ3v) is 2.85. The van der Waals surface area contributed by atoms with Crippen LogP contribution >= 0.6 is 0 Å². The van der Waals surface area contributed by atoms with Crippen LogP contribution in [0.15, 0.2) is 17.1 Å². The molecule has 1 aliphatic heterocycles. The summed E-state index contributed by atoms with van der Waals surface area (Å²) in [5.74, 6) is 1.10. The predicted molar refractivity (Wildman–Crippen MR) is 75.2 cm³/mol. The zero-order valence-electron chi connectivity index (χ0n) is 11.8. The third kappa shape index (κ3) is 3.60. The van der Waals surface area contributed by atoms with Gasteiger partial charge < -0.3 is 20.1 Å². The summed E-state index contributed by atoms with van der Waals surface area (Å²) in [5, 5.41) is 6.26. The molecule has 0 saturated heterocycles. The van der Waals surface area contributed by atoms with E-state index in [1.165, 1.54) is 12.1 Å². The number of hydrogen-bond acceptors (Lipinski definition) is 3. The maximum Gasteiger partial charge on any atom is 0.191 e. The highest BCUT2D eigenvalue weighted by Gasteiger charge is 2.16. The van der Waals surface area contributed by atoms with Crippen LogP contribution < -0.4 is 15.4 Å². The van der Waals surface area contributed by atoms with Crippen molar-refractivity contribution in [1.82, 2.24) is 10.6 Å². The van der Waals surface area contributed by atoms with Crippen molar-refractivity contribution in [2.45, 2.75) is 27.0 Å². The van der Waals surface area contributed by atoms with Gasteiger partial charge in [-0.25, -0.2) is 9.38 Å². The normalized spacial score (nSPS) is 13.2. The molecule has 1 aromatic rings. The minimum Gasteiger partial charge on any atom is -0.467 e. The van der Waals surface area contributed by atoms with Crippen molar-refractivity contribution >= 4 is 5.96 Å². The van der Waals surface area contributed by atoms with E-state index in [-0.39, 0.29) is 12.6 Å². The number of fused-ring (bicyclic) bond motifs is 1. The minimum atomic E-state index is -0.295. The maximum absolute atomic E-state index is 13.6. The van der Waals surface area contributed by atoms with Crippen LogP contribution in [0.4, 0.5) is 4.39 Å². The van der Waals surface area contributed by atoms with Gasteiger partial charge in [-0.05, 0) is 26.0 Å². The Bertz CT molecular complexity index is 484. The molecule has 0 radical (unpaired) electrons. The van der Waals surface area contributed by atoms with Gasteiger partial charge in [-0.3, -0.25) is 0 Å². The molecule has 1 aliphatic rings. The van der Waals surface area contributed by atoms with Crippen molar-refractivity contribution in [1.29, 1.82) is 0 Å². The molecule has 110 valence electrons. The first-order chi connectivity index (χ1) is 9.74. The average molecular weight is 281 g/mol. The summed E-state index contributed by atoms with van der Waals surface area (Å²) in [6, 6.07) is 2.90. The Hall–Kier alpha value is -1.82. The second kappa shape index (κ2) is 7.09. The number of hydrogen-bond donors (Lipinski definition) is 2. The second-order valence-electron chi connectivity index (χ2n) is 4.39. The van der Waals surface area contributed by atoms with Gasteiger partial charge in [0.2, 0.25) is 0 Å². The standard InChI is InChI=1S/C14H20FN3O2/c1-3-16-14(17-4-2)18-7-10-5-12(15)6-11-8-19-9-20-13(10)11/h5-6H,3-4,7-9H2,1-2H3,(H2,16,17,18). The van der Waals surface area contributed by atoms with Crippen molar-refractivity contribution in [3.05, 3.63) is 29.1 Å². The Kier molecular flexibility index (Phi) is 5.17. The molecule has 20 heavy (non-hydrogen) atoms. The molecule has 1 heterocycles. The molecule has 0 bridgehead atoms. The molecule has 1 aromatic carbocycles. The number of aliphatic imine (C=N–C) groups is 1. The first-order valence-electron chi connectivity index (χ1n) is 6.78. The maximum atomic E-state index is 13.6. The SMILES string of the molecule is CCNC(=NCc1cc(F)cc2c1OCOC2)NCC. The fraction of sp³-hybridized carbons (Fsp3) is 0.500.